The summed E-state index contributed by atoms with van der Waals surface area (Å²) < 4.78 is 38.5. The monoisotopic (exact) mass is 217 g/mol. The van der Waals surface area contributed by atoms with Crippen molar-refractivity contribution in [2.24, 2.45) is 0 Å². The van der Waals surface area contributed by atoms with E-state index >= 15 is 0 Å². The van der Waals surface area contributed by atoms with E-state index < -0.39 is 11.6 Å². The van der Waals surface area contributed by atoms with E-state index in [9.17, 15) is 13.2 Å². The number of anilines is 1. The first-order valence-electron chi connectivity index (χ1n) is 3.85. The van der Waals surface area contributed by atoms with Crippen molar-refractivity contribution >= 4 is 27.1 Å². The summed E-state index contributed by atoms with van der Waals surface area (Å²) in [6, 6.07) is 4.02. The Balaban J connectivity index is 2.82. The van der Waals surface area contributed by atoms with Gasteiger partial charge in [-0.2, -0.15) is 4.39 Å². The van der Waals surface area contributed by atoms with Crippen LogP contribution in [0.2, 0.25) is 0 Å². The van der Waals surface area contributed by atoms with Crippen LogP contribution < -0.4 is 5.73 Å². The van der Waals surface area contributed by atoms with Crippen molar-refractivity contribution in [2.75, 3.05) is 5.73 Å². The molecule has 0 atom stereocenters. The van der Waals surface area contributed by atoms with Crippen LogP contribution in [-0.4, -0.2) is 0 Å². The Kier molecular flexibility index (Phi) is 2.11. The molecule has 0 radical (unpaired) electrons. The predicted octanol–water partition coefficient (Wildman–Crippen LogP) is 3.56. The largest absolute Gasteiger partial charge is 0.398 e. The first-order chi connectivity index (χ1) is 6.59. The Morgan fingerprint density at radius 3 is 2.64 bits per heavy atom. The second kappa shape index (κ2) is 3.16. The number of nitrogens with two attached hydrogens (primary N) is 1. The number of hydrogen-bond donors (Lipinski definition) is 1. The lowest BCUT2D eigenvalue weighted by Gasteiger charge is -2.05. The minimum absolute atomic E-state index is 0.00491. The van der Waals surface area contributed by atoms with Crippen LogP contribution in [0.3, 0.4) is 0 Å². The van der Waals surface area contributed by atoms with Gasteiger partial charge in [0.2, 0.25) is 0 Å². The van der Waals surface area contributed by atoms with Gasteiger partial charge >= 0.3 is 0 Å². The van der Waals surface area contributed by atoms with E-state index in [1.165, 1.54) is 6.07 Å². The lowest BCUT2D eigenvalue weighted by Crippen LogP contribution is -1.94. The Morgan fingerprint density at radius 2 is 2.00 bits per heavy atom. The summed E-state index contributed by atoms with van der Waals surface area (Å²) >= 11 is 0.837. The number of rotatable bonds is 1. The second-order valence-corrected chi connectivity index (χ2v) is 3.87. The number of thiophene rings is 1. The first kappa shape index (κ1) is 9.33. The van der Waals surface area contributed by atoms with Crippen molar-refractivity contribution in [1.29, 1.82) is 0 Å². The topological polar surface area (TPSA) is 26.0 Å². The second-order valence-electron chi connectivity index (χ2n) is 2.83. The van der Waals surface area contributed by atoms with E-state index in [1.807, 2.05) is 0 Å². The minimum Gasteiger partial charge on any atom is -0.398 e. The van der Waals surface area contributed by atoms with Gasteiger partial charge in [0.1, 0.15) is 0 Å². The maximum absolute atomic E-state index is 12.8. The summed E-state index contributed by atoms with van der Waals surface area (Å²) in [5.74, 6) is 0. The van der Waals surface area contributed by atoms with Gasteiger partial charge in [-0.25, -0.2) is 8.78 Å². The number of alkyl halides is 2. The average Bonchev–Trinajstić information content (AvgIpc) is 2.43. The molecule has 0 saturated heterocycles. The number of hydrogen-bond acceptors (Lipinski definition) is 2. The fourth-order valence-electron chi connectivity index (χ4n) is 1.36. The van der Waals surface area contributed by atoms with Gasteiger partial charge in [0.15, 0.2) is 5.13 Å². The molecule has 2 N–H and O–H groups in total. The number of benzene rings is 1. The van der Waals surface area contributed by atoms with Crippen LogP contribution in [0.1, 0.15) is 12.0 Å². The zero-order valence-corrected chi connectivity index (χ0v) is 7.75. The summed E-state index contributed by atoms with van der Waals surface area (Å²) in [5, 5.41) is -0.269. The molecule has 1 aromatic heterocycles. The quantitative estimate of drug-likeness (QED) is 0.726. The molecule has 0 unspecified atom stereocenters. The van der Waals surface area contributed by atoms with E-state index in [-0.39, 0.29) is 16.6 Å². The minimum atomic E-state index is -2.67. The van der Waals surface area contributed by atoms with Gasteiger partial charge in [0.25, 0.3) is 6.43 Å². The Labute approximate surface area is 82.0 Å². The molecule has 1 heterocycles. The van der Waals surface area contributed by atoms with Gasteiger partial charge in [0.05, 0.1) is 0 Å². The van der Waals surface area contributed by atoms with Gasteiger partial charge in [0, 0.05) is 21.3 Å². The normalized spacial score (nSPS) is 11.4. The van der Waals surface area contributed by atoms with Crippen molar-refractivity contribution in [3.05, 3.63) is 28.9 Å². The maximum Gasteiger partial charge on any atom is 0.266 e. The molecule has 1 nitrogen and oxygen atoms in total. The van der Waals surface area contributed by atoms with E-state index in [2.05, 4.69) is 0 Å². The molecule has 14 heavy (non-hydrogen) atoms. The smallest absolute Gasteiger partial charge is 0.266 e. The van der Waals surface area contributed by atoms with Gasteiger partial charge in [-0.05, 0) is 18.2 Å². The summed E-state index contributed by atoms with van der Waals surface area (Å²) in [6.45, 7) is 0. The van der Waals surface area contributed by atoms with Gasteiger partial charge in [-0.15, -0.1) is 11.3 Å². The SMILES string of the molecule is Nc1ccc2sc(F)cc2c1C(F)F. The molecular formula is C9H6F3NS. The van der Waals surface area contributed by atoms with Crippen LogP contribution in [0.15, 0.2) is 18.2 Å². The van der Waals surface area contributed by atoms with Crippen LogP contribution in [0.4, 0.5) is 18.9 Å². The molecule has 0 spiro atoms. The standard InChI is InChI=1S/C9H6F3NS/c10-7-3-4-6(14-7)2-1-5(13)8(4)9(11)12/h1-3,9H,13H2. The summed E-state index contributed by atoms with van der Waals surface area (Å²) in [4.78, 5) is 0. The molecule has 74 valence electrons. The highest BCUT2D eigenvalue weighted by Gasteiger charge is 2.17. The molecule has 0 bridgehead atoms. The number of fused-ring (bicyclic) bond motifs is 1. The van der Waals surface area contributed by atoms with Crippen LogP contribution in [0.5, 0.6) is 0 Å². The van der Waals surface area contributed by atoms with E-state index in [4.69, 9.17) is 5.73 Å². The molecule has 0 aliphatic rings. The molecular weight excluding hydrogens is 211 g/mol. The van der Waals surface area contributed by atoms with Crippen LogP contribution in [0.25, 0.3) is 10.1 Å². The molecule has 0 saturated carbocycles. The highest BCUT2D eigenvalue weighted by atomic mass is 32.1. The molecule has 0 aliphatic heterocycles. The fraction of sp³-hybridized carbons (Fsp3) is 0.111. The van der Waals surface area contributed by atoms with Crippen molar-refractivity contribution in [3.63, 3.8) is 0 Å². The zero-order chi connectivity index (χ0) is 10.3. The molecule has 0 fully saturated rings. The third-order valence-electron chi connectivity index (χ3n) is 1.96. The zero-order valence-electron chi connectivity index (χ0n) is 6.93. The van der Waals surface area contributed by atoms with E-state index in [0.29, 0.717) is 4.70 Å². The fourth-order valence-corrected chi connectivity index (χ4v) is 2.16. The highest BCUT2D eigenvalue weighted by Crippen LogP contribution is 2.36. The molecule has 2 aromatic rings. The van der Waals surface area contributed by atoms with E-state index in [1.54, 1.807) is 6.07 Å². The van der Waals surface area contributed by atoms with Crippen LogP contribution in [0, 0.1) is 5.13 Å². The molecule has 0 aliphatic carbocycles. The third-order valence-corrected chi connectivity index (χ3v) is 2.85. The molecule has 2 rings (SSSR count). The summed E-state index contributed by atoms with van der Waals surface area (Å²) in [6.07, 6.45) is -2.67. The summed E-state index contributed by atoms with van der Waals surface area (Å²) in [5.41, 5.74) is 5.13. The predicted molar refractivity (Wildman–Crippen MR) is 51.2 cm³/mol. The third kappa shape index (κ3) is 1.33. The van der Waals surface area contributed by atoms with Gasteiger partial charge in [-0.3, -0.25) is 0 Å². The molecule has 0 amide bonds. The number of nitrogen functional groups attached to an aromatic ring is 1. The Bertz CT molecular complexity index is 478. The maximum atomic E-state index is 12.8. The highest BCUT2D eigenvalue weighted by molar-refractivity contribution is 7.17. The summed E-state index contributed by atoms with van der Waals surface area (Å²) in [7, 11) is 0. The van der Waals surface area contributed by atoms with Crippen LogP contribution in [-0.2, 0) is 0 Å². The van der Waals surface area contributed by atoms with Crippen LogP contribution >= 0.6 is 11.3 Å². The lowest BCUT2D eigenvalue weighted by molar-refractivity contribution is 0.154. The van der Waals surface area contributed by atoms with Gasteiger partial charge in [-0.1, -0.05) is 0 Å². The van der Waals surface area contributed by atoms with E-state index in [0.717, 1.165) is 17.4 Å². The molecule has 5 heteroatoms. The Hall–Kier alpha value is -1.23. The average molecular weight is 217 g/mol. The Morgan fingerprint density at radius 1 is 1.29 bits per heavy atom. The van der Waals surface area contributed by atoms with Gasteiger partial charge < -0.3 is 5.73 Å². The molecule has 1 aromatic carbocycles. The van der Waals surface area contributed by atoms with Crippen molar-refractivity contribution in [2.45, 2.75) is 6.43 Å². The lowest BCUT2D eigenvalue weighted by atomic mass is 10.1. The van der Waals surface area contributed by atoms with Crippen molar-refractivity contribution in [3.8, 4) is 0 Å². The van der Waals surface area contributed by atoms with Crippen molar-refractivity contribution < 1.29 is 13.2 Å². The number of halogens is 3. The van der Waals surface area contributed by atoms with Crippen molar-refractivity contribution in [1.82, 2.24) is 0 Å². The first-order valence-corrected chi connectivity index (χ1v) is 4.67.